The molecule has 0 bridgehead atoms. The van der Waals surface area contributed by atoms with Crippen LogP contribution in [0.15, 0.2) is 18.2 Å². The zero-order valence-corrected chi connectivity index (χ0v) is 11.9. The maximum atomic E-state index is 14.0. The van der Waals surface area contributed by atoms with Crippen LogP contribution < -0.4 is 5.32 Å². The van der Waals surface area contributed by atoms with Crippen molar-refractivity contribution in [2.75, 3.05) is 26.2 Å². The van der Waals surface area contributed by atoms with Crippen molar-refractivity contribution in [3.05, 3.63) is 35.1 Å². The fourth-order valence-corrected chi connectivity index (χ4v) is 2.62. The molecule has 1 heterocycles. The van der Waals surface area contributed by atoms with Crippen molar-refractivity contribution in [3.63, 3.8) is 0 Å². The molecule has 0 unspecified atom stereocenters. The number of benzene rings is 1. The highest BCUT2D eigenvalue weighted by molar-refractivity contribution is 5.30. The van der Waals surface area contributed by atoms with Crippen LogP contribution in [0.25, 0.3) is 0 Å². The first-order chi connectivity index (χ1) is 10.6. The van der Waals surface area contributed by atoms with Gasteiger partial charge in [0.25, 0.3) is 0 Å². The quantitative estimate of drug-likeness (QED) is 0.841. The molecule has 1 saturated heterocycles. The van der Waals surface area contributed by atoms with Crippen molar-refractivity contribution >= 4 is 0 Å². The number of halogens is 7. The molecule has 1 N–H and O–H groups in total. The van der Waals surface area contributed by atoms with Crippen LogP contribution in [-0.2, 0) is 6.18 Å². The van der Waals surface area contributed by atoms with E-state index in [1.807, 2.05) is 0 Å². The van der Waals surface area contributed by atoms with Crippen molar-refractivity contribution in [2.45, 2.75) is 24.8 Å². The fourth-order valence-electron chi connectivity index (χ4n) is 2.62. The van der Waals surface area contributed by atoms with E-state index in [1.54, 1.807) is 0 Å². The summed E-state index contributed by atoms with van der Waals surface area (Å²) in [6.07, 6.45) is -10.8. The lowest BCUT2D eigenvalue weighted by Gasteiger charge is -2.36. The standard InChI is InChI=1S/C14H15F7N2/c15-11-2-1-9(14(19,20)21)7-10(11)12(8-13(16,17)18)23-5-3-22-4-6-23/h1-2,7,12,22H,3-6,8H2/t12-/m1/s1. The Kier molecular flexibility index (Phi) is 5.20. The van der Waals surface area contributed by atoms with Gasteiger partial charge in [0.1, 0.15) is 5.82 Å². The molecule has 1 aliphatic rings. The molecule has 0 spiro atoms. The van der Waals surface area contributed by atoms with E-state index in [0.717, 1.165) is 0 Å². The highest BCUT2D eigenvalue weighted by atomic mass is 19.4. The molecule has 2 rings (SSSR count). The van der Waals surface area contributed by atoms with Crippen LogP contribution in [0.3, 0.4) is 0 Å². The van der Waals surface area contributed by atoms with Crippen LogP contribution in [0.5, 0.6) is 0 Å². The maximum absolute atomic E-state index is 14.0. The first kappa shape index (κ1) is 18.0. The Morgan fingerprint density at radius 1 is 1.04 bits per heavy atom. The summed E-state index contributed by atoms with van der Waals surface area (Å²) in [7, 11) is 0. The Balaban J connectivity index is 2.41. The topological polar surface area (TPSA) is 15.3 Å². The average Bonchev–Trinajstić information content (AvgIpc) is 2.44. The minimum atomic E-state index is -4.74. The minimum absolute atomic E-state index is 0.205. The van der Waals surface area contributed by atoms with Crippen molar-refractivity contribution in [3.8, 4) is 0 Å². The molecular weight excluding hydrogens is 329 g/mol. The van der Waals surface area contributed by atoms with Crippen LogP contribution in [0.4, 0.5) is 30.7 Å². The summed E-state index contributed by atoms with van der Waals surface area (Å²) in [5.74, 6) is -1.06. The third-order valence-corrected chi connectivity index (χ3v) is 3.70. The van der Waals surface area contributed by atoms with Gasteiger partial charge in [-0.15, -0.1) is 0 Å². The second-order valence-electron chi connectivity index (χ2n) is 5.36. The van der Waals surface area contributed by atoms with E-state index >= 15 is 0 Å². The van der Waals surface area contributed by atoms with Crippen LogP contribution in [0.2, 0.25) is 0 Å². The van der Waals surface area contributed by atoms with Gasteiger partial charge in [0, 0.05) is 37.8 Å². The molecule has 0 amide bonds. The van der Waals surface area contributed by atoms with Crippen molar-refractivity contribution < 1.29 is 30.7 Å². The molecule has 1 aliphatic heterocycles. The molecule has 1 aromatic carbocycles. The summed E-state index contributed by atoms with van der Waals surface area (Å²) in [6.45, 7) is 1.21. The summed E-state index contributed by atoms with van der Waals surface area (Å²) in [5, 5.41) is 2.94. The number of hydrogen-bond donors (Lipinski definition) is 1. The molecule has 130 valence electrons. The van der Waals surface area contributed by atoms with Gasteiger partial charge >= 0.3 is 12.4 Å². The van der Waals surface area contributed by atoms with E-state index in [0.29, 0.717) is 31.3 Å². The number of piperazine rings is 1. The van der Waals surface area contributed by atoms with Crippen LogP contribution >= 0.6 is 0 Å². The Morgan fingerprint density at radius 2 is 1.65 bits per heavy atom. The zero-order chi connectivity index (χ0) is 17.3. The summed E-state index contributed by atoms with van der Waals surface area (Å²) in [4.78, 5) is 1.36. The number of alkyl halides is 6. The van der Waals surface area contributed by atoms with Gasteiger partial charge in [0.2, 0.25) is 0 Å². The highest BCUT2D eigenvalue weighted by Crippen LogP contribution is 2.38. The van der Waals surface area contributed by atoms with Crippen LogP contribution in [0, 0.1) is 5.82 Å². The smallest absolute Gasteiger partial charge is 0.314 e. The van der Waals surface area contributed by atoms with Gasteiger partial charge in [-0.25, -0.2) is 4.39 Å². The predicted octanol–water partition coefficient (Wildman–Crippen LogP) is 3.74. The molecule has 1 fully saturated rings. The van der Waals surface area contributed by atoms with Crippen LogP contribution in [0.1, 0.15) is 23.6 Å². The van der Waals surface area contributed by atoms with Crippen molar-refractivity contribution in [2.24, 2.45) is 0 Å². The lowest BCUT2D eigenvalue weighted by molar-refractivity contribution is -0.149. The maximum Gasteiger partial charge on any atom is 0.416 e. The summed E-state index contributed by atoms with van der Waals surface area (Å²) in [5.41, 5.74) is -1.73. The summed E-state index contributed by atoms with van der Waals surface area (Å²) < 4.78 is 90.8. The van der Waals surface area contributed by atoms with E-state index in [9.17, 15) is 30.7 Å². The molecular formula is C14H15F7N2. The lowest BCUT2D eigenvalue weighted by atomic mass is 9.98. The molecule has 1 aromatic rings. The van der Waals surface area contributed by atoms with Crippen molar-refractivity contribution in [1.29, 1.82) is 0 Å². The van der Waals surface area contributed by atoms with Gasteiger partial charge < -0.3 is 5.32 Å². The molecule has 0 saturated carbocycles. The second-order valence-corrected chi connectivity index (χ2v) is 5.36. The van der Waals surface area contributed by atoms with Gasteiger partial charge in [-0.05, 0) is 18.2 Å². The Morgan fingerprint density at radius 3 is 2.17 bits per heavy atom. The van der Waals surface area contributed by atoms with Gasteiger partial charge in [-0.2, -0.15) is 26.3 Å². The third kappa shape index (κ3) is 4.81. The SMILES string of the molecule is Fc1ccc(C(F)(F)F)cc1[C@@H](CC(F)(F)F)N1CCNCC1. The fraction of sp³-hybridized carbons (Fsp3) is 0.571. The number of nitrogens with one attached hydrogen (secondary N) is 1. The highest BCUT2D eigenvalue weighted by Gasteiger charge is 2.38. The first-order valence-corrected chi connectivity index (χ1v) is 6.96. The summed E-state index contributed by atoms with van der Waals surface area (Å²) in [6, 6.07) is 0.109. The Bertz CT molecular complexity index is 533. The number of nitrogens with zero attached hydrogens (tertiary/aromatic N) is 1. The zero-order valence-electron chi connectivity index (χ0n) is 11.9. The molecule has 0 radical (unpaired) electrons. The first-order valence-electron chi connectivity index (χ1n) is 6.96. The van der Waals surface area contributed by atoms with Crippen LogP contribution in [-0.4, -0.2) is 37.3 Å². The Labute approximate surface area is 128 Å². The van der Waals surface area contributed by atoms with E-state index < -0.39 is 41.8 Å². The van der Waals surface area contributed by atoms with E-state index in [-0.39, 0.29) is 13.1 Å². The van der Waals surface area contributed by atoms with Gasteiger partial charge in [0.15, 0.2) is 0 Å². The molecule has 2 nitrogen and oxygen atoms in total. The van der Waals surface area contributed by atoms with E-state index in [4.69, 9.17) is 0 Å². The van der Waals surface area contributed by atoms with Gasteiger partial charge in [-0.1, -0.05) is 0 Å². The van der Waals surface area contributed by atoms with Crippen molar-refractivity contribution in [1.82, 2.24) is 10.2 Å². The average molecular weight is 344 g/mol. The predicted molar refractivity (Wildman–Crippen MR) is 69.3 cm³/mol. The minimum Gasteiger partial charge on any atom is -0.314 e. The second kappa shape index (κ2) is 6.64. The monoisotopic (exact) mass is 344 g/mol. The van der Waals surface area contributed by atoms with E-state index in [2.05, 4.69) is 5.32 Å². The molecule has 0 aliphatic carbocycles. The molecule has 9 heteroatoms. The third-order valence-electron chi connectivity index (χ3n) is 3.70. The normalized spacial score (nSPS) is 18.9. The largest absolute Gasteiger partial charge is 0.416 e. The van der Waals surface area contributed by atoms with E-state index in [1.165, 1.54) is 4.90 Å². The summed E-state index contributed by atoms with van der Waals surface area (Å²) >= 11 is 0. The number of hydrogen-bond acceptors (Lipinski definition) is 2. The number of rotatable bonds is 3. The molecule has 1 atom stereocenters. The molecule has 23 heavy (non-hydrogen) atoms. The Hall–Kier alpha value is -1.35. The van der Waals surface area contributed by atoms with Gasteiger partial charge in [-0.3, -0.25) is 4.90 Å². The molecule has 0 aromatic heterocycles. The lowest BCUT2D eigenvalue weighted by Crippen LogP contribution is -2.46. The van der Waals surface area contributed by atoms with Gasteiger partial charge in [0.05, 0.1) is 12.0 Å².